The Morgan fingerprint density at radius 3 is 2.57 bits per heavy atom. The van der Waals surface area contributed by atoms with Crippen molar-refractivity contribution in [3.63, 3.8) is 0 Å². The van der Waals surface area contributed by atoms with Crippen molar-refractivity contribution in [2.24, 2.45) is 0 Å². The van der Waals surface area contributed by atoms with Gasteiger partial charge in [-0.2, -0.15) is 0 Å². The van der Waals surface area contributed by atoms with Gasteiger partial charge >= 0.3 is 0 Å². The minimum absolute atomic E-state index is 0.0262. The van der Waals surface area contributed by atoms with E-state index >= 15 is 0 Å². The van der Waals surface area contributed by atoms with Crippen molar-refractivity contribution < 1.29 is 14.3 Å². The Hall–Kier alpha value is -2.30. The molecular weight excluding hydrogens is 292 g/mol. The van der Waals surface area contributed by atoms with Crippen LogP contribution in [-0.2, 0) is 9.59 Å². The van der Waals surface area contributed by atoms with E-state index in [9.17, 15) is 9.59 Å². The first-order valence-electron chi connectivity index (χ1n) is 8.06. The number of carbonyl (C=O) groups excluding carboxylic acids is 2. The third-order valence-corrected chi connectivity index (χ3v) is 3.88. The molecule has 1 aromatic carbocycles. The number of amides is 2. The van der Waals surface area contributed by atoms with Gasteiger partial charge in [0, 0.05) is 44.7 Å². The van der Waals surface area contributed by atoms with Gasteiger partial charge in [-0.25, -0.2) is 0 Å². The Kier molecular flexibility index (Phi) is 6.20. The lowest BCUT2D eigenvalue weighted by Crippen LogP contribution is -2.35. The molecule has 0 radical (unpaired) electrons. The average molecular weight is 316 g/mol. The first kappa shape index (κ1) is 17.1. The van der Waals surface area contributed by atoms with Gasteiger partial charge in [0.2, 0.25) is 11.8 Å². The van der Waals surface area contributed by atoms with Crippen LogP contribution in [0.15, 0.2) is 30.3 Å². The molecule has 1 aromatic rings. The summed E-state index contributed by atoms with van der Waals surface area (Å²) in [7, 11) is 0. The third-order valence-electron chi connectivity index (χ3n) is 3.88. The fraction of sp³-hybridized carbons (Fsp3) is 0.444. The van der Waals surface area contributed by atoms with Crippen molar-refractivity contribution in [3.05, 3.63) is 35.9 Å². The van der Waals surface area contributed by atoms with E-state index in [1.165, 1.54) is 0 Å². The summed E-state index contributed by atoms with van der Waals surface area (Å²) in [5.74, 6) is 0.819. The molecule has 0 aliphatic carbocycles. The topological polar surface area (TPSA) is 49.9 Å². The number of rotatable bonds is 4. The van der Waals surface area contributed by atoms with Crippen molar-refractivity contribution in [2.45, 2.75) is 20.3 Å². The maximum Gasteiger partial charge on any atom is 0.246 e. The van der Waals surface area contributed by atoms with Crippen LogP contribution < -0.4 is 4.74 Å². The molecule has 0 unspecified atom stereocenters. The third kappa shape index (κ3) is 4.84. The van der Waals surface area contributed by atoms with Gasteiger partial charge in [0.15, 0.2) is 0 Å². The summed E-state index contributed by atoms with van der Waals surface area (Å²) in [6.07, 6.45) is 4.19. The largest absolute Gasteiger partial charge is 0.493 e. The molecule has 124 valence electrons. The Morgan fingerprint density at radius 1 is 1.13 bits per heavy atom. The Labute approximate surface area is 137 Å². The highest BCUT2D eigenvalue weighted by molar-refractivity contribution is 5.92. The lowest BCUT2D eigenvalue weighted by molar-refractivity contribution is -0.130. The van der Waals surface area contributed by atoms with Crippen molar-refractivity contribution in [3.8, 4) is 5.75 Å². The molecule has 1 fully saturated rings. The number of hydrogen-bond acceptors (Lipinski definition) is 3. The number of hydrogen-bond donors (Lipinski definition) is 0. The molecule has 1 heterocycles. The van der Waals surface area contributed by atoms with Gasteiger partial charge in [0.05, 0.1) is 6.61 Å². The molecule has 0 N–H and O–H groups in total. The second-order valence-electron chi connectivity index (χ2n) is 5.49. The van der Waals surface area contributed by atoms with E-state index < -0.39 is 0 Å². The number of ether oxygens (including phenoxy) is 1. The molecule has 23 heavy (non-hydrogen) atoms. The van der Waals surface area contributed by atoms with Gasteiger partial charge in [0.1, 0.15) is 5.75 Å². The summed E-state index contributed by atoms with van der Waals surface area (Å²) in [6.45, 7) is 6.67. The highest BCUT2D eigenvalue weighted by atomic mass is 16.5. The molecule has 5 nitrogen and oxygen atoms in total. The minimum atomic E-state index is -0.0262. The number of benzene rings is 1. The Morgan fingerprint density at radius 2 is 1.83 bits per heavy atom. The maximum absolute atomic E-state index is 12.4. The zero-order valence-electron chi connectivity index (χ0n) is 13.8. The van der Waals surface area contributed by atoms with Crippen molar-refractivity contribution in [2.75, 3.05) is 32.8 Å². The molecule has 0 saturated carbocycles. The number of para-hydroxylation sites is 1. The lowest BCUT2D eigenvalue weighted by Gasteiger charge is -2.20. The zero-order valence-corrected chi connectivity index (χ0v) is 13.8. The molecule has 5 heteroatoms. The summed E-state index contributed by atoms with van der Waals surface area (Å²) in [4.78, 5) is 27.4. The number of carbonyl (C=O) groups is 2. The van der Waals surface area contributed by atoms with Crippen LogP contribution in [0.5, 0.6) is 5.75 Å². The van der Waals surface area contributed by atoms with E-state index in [1.807, 2.05) is 31.2 Å². The fourth-order valence-electron chi connectivity index (χ4n) is 2.62. The molecule has 2 rings (SSSR count). The summed E-state index contributed by atoms with van der Waals surface area (Å²) in [6, 6.07) is 7.65. The zero-order chi connectivity index (χ0) is 16.7. The van der Waals surface area contributed by atoms with Crippen molar-refractivity contribution >= 4 is 17.9 Å². The molecule has 1 aliphatic rings. The molecule has 0 aromatic heterocycles. The summed E-state index contributed by atoms with van der Waals surface area (Å²) in [5.41, 5.74) is 0.892. The highest BCUT2D eigenvalue weighted by Gasteiger charge is 2.18. The number of nitrogens with zero attached hydrogens (tertiary/aromatic N) is 2. The van der Waals surface area contributed by atoms with Gasteiger partial charge in [-0.3, -0.25) is 9.59 Å². The Balaban J connectivity index is 2.00. The predicted molar refractivity (Wildman–Crippen MR) is 90.1 cm³/mol. The van der Waals surface area contributed by atoms with Crippen LogP contribution in [-0.4, -0.2) is 54.4 Å². The minimum Gasteiger partial charge on any atom is -0.493 e. The first-order chi connectivity index (χ1) is 11.1. The molecule has 0 atom stereocenters. The van der Waals surface area contributed by atoms with E-state index in [0.717, 1.165) is 24.3 Å². The standard InChI is InChI=1S/C18H24N2O3/c1-3-23-17-8-5-4-7-16(17)9-10-18(22)20-12-6-11-19(13-14-20)15(2)21/h4-5,7-10H,3,6,11-14H2,1-2H3/b10-9+. The summed E-state index contributed by atoms with van der Waals surface area (Å²) < 4.78 is 5.55. The molecule has 2 amide bonds. The van der Waals surface area contributed by atoms with E-state index in [2.05, 4.69) is 0 Å². The fourth-order valence-corrected chi connectivity index (χ4v) is 2.62. The van der Waals surface area contributed by atoms with Crippen LogP contribution >= 0.6 is 0 Å². The van der Waals surface area contributed by atoms with Gasteiger partial charge in [-0.1, -0.05) is 18.2 Å². The van der Waals surface area contributed by atoms with Crippen LogP contribution in [0, 0.1) is 0 Å². The van der Waals surface area contributed by atoms with Crippen LogP contribution in [0.2, 0.25) is 0 Å². The van der Waals surface area contributed by atoms with E-state index in [1.54, 1.807) is 28.9 Å². The van der Waals surface area contributed by atoms with Crippen molar-refractivity contribution in [1.82, 2.24) is 9.80 Å². The quantitative estimate of drug-likeness (QED) is 0.800. The van der Waals surface area contributed by atoms with E-state index in [-0.39, 0.29) is 11.8 Å². The van der Waals surface area contributed by atoms with Gasteiger partial charge in [-0.15, -0.1) is 0 Å². The van der Waals surface area contributed by atoms with Gasteiger partial charge in [0.25, 0.3) is 0 Å². The van der Waals surface area contributed by atoms with Gasteiger partial charge in [-0.05, 0) is 25.5 Å². The van der Waals surface area contributed by atoms with Crippen LogP contribution in [0.3, 0.4) is 0 Å². The highest BCUT2D eigenvalue weighted by Crippen LogP contribution is 2.19. The second-order valence-corrected chi connectivity index (χ2v) is 5.49. The smallest absolute Gasteiger partial charge is 0.246 e. The van der Waals surface area contributed by atoms with Crippen molar-refractivity contribution in [1.29, 1.82) is 0 Å². The molecule has 0 bridgehead atoms. The average Bonchev–Trinajstić information content (AvgIpc) is 2.80. The summed E-state index contributed by atoms with van der Waals surface area (Å²) >= 11 is 0. The maximum atomic E-state index is 12.4. The molecule has 0 spiro atoms. The predicted octanol–water partition coefficient (Wildman–Crippen LogP) is 2.18. The van der Waals surface area contributed by atoms with Crippen LogP contribution in [0.1, 0.15) is 25.8 Å². The lowest BCUT2D eigenvalue weighted by atomic mass is 10.2. The first-order valence-corrected chi connectivity index (χ1v) is 8.06. The normalized spacial score (nSPS) is 15.6. The molecule has 1 saturated heterocycles. The monoisotopic (exact) mass is 316 g/mol. The molecule has 1 aliphatic heterocycles. The van der Waals surface area contributed by atoms with E-state index in [4.69, 9.17) is 4.74 Å². The van der Waals surface area contributed by atoms with Crippen LogP contribution in [0.25, 0.3) is 6.08 Å². The molecular formula is C18H24N2O3. The Bertz CT molecular complexity index is 583. The van der Waals surface area contributed by atoms with Gasteiger partial charge < -0.3 is 14.5 Å². The van der Waals surface area contributed by atoms with E-state index in [0.29, 0.717) is 26.2 Å². The van der Waals surface area contributed by atoms with Crippen LogP contribution in [0.4, 0.5) is 0 Å². The summed E-state index contributed by atoms with van der Waals surface area (Å²) in [5, 5.41) is 0. The SMILES string of the molecule is CCOc1ccccc1/C=C/C(=O)N1CCCN(C(C)=O)CC1. The second kappa shape index (κ2) is 8.36.